The molecule has 0 unspecified atom stereocenters. The predicted octanol–water partition coefficient (Wildman–Crippen LogP) is 2.72. The van der Waals surface area contributed by atoms with E-state index < -0.39 is 0 Å². The second-order valence-corrected chi connectivity index (χ2v) is 2.90. The molecule has 0 heterocycles. The van der Waals surface area contributed by atoms with Gasteiger partial charge in [-0.3, -0.25) is 0 Å². The predicted molar refractivity (Wildman–Crippen MR) is 49.6 cm³/mol. The number of rotatable bonds is 3. The fourth-order valence-corrected chi connectivity index (χ4v) is 1.30. The third-order valence-electron chi connectivity index (χ3n) is 1.40. The first-order valence-electron chi connectivity index (χ1n) is 3.36. The smallest absolute Gasteiger partial charge is 0.119 e. The van der Waals surface area contributed by atoms with Gasteiger partial charge in [0.15, 0.2) is 0 Å². The molecule has 0 aromatic heterocycles. The van der Waals surface area contributed by atoms with Gasteiger partial charge in [0.05, 0.1) is 7.11 Å². The Morgan fingerprint density at radius 2 is 2.36 bits per heavy atom. The lowest BCUT2D eigenvalue weighted by Crippen LogP contribution is -1.84. The van der Waals surface area contributed by atoms with Gasteiger partial charge < -0.3 is 4.74 Å². The lowest BCUT2D eigenvalue weighted by Gasteiger charge is -2.01. The molecule has 1 nitrogen and oxygen atoms in total. The summed E-state index contributed by atoms with van der Waals surface area (Å²) >= 11 is 1.57. The number of thioether (sulfide) groups is 1. The van der Waals surface area contributed by atoms with E-state index in [1.165, 1.54) is 5.56 Å². The molecule has 1 radical (unpaired) electrons. The fourth-order valence-electron chi connectivity index (χ4n) is 0.880. The fraction of sp³-hybridized carbons (Fsp3) is 0.222. The molecule has 0 fully saturated rings. The molecule has 2 heteroatoms. The van der Waals surface area contributed by atoms with Crippen molar-refractivity contribution in [2.75, 3.05) is 7.11 Å². The van der Waals surface area contributed by atoms with E-state index in [1.807, 2.05) is 18.2 Å². The van der Waals surface area contributed by atoms with Crippen molar-refractivity contribution >= 4 is 11.8 Å². The summed E-state index contributed by atoms with van der Waals surface area (Å²) in [6.45, 7) is 0. The molecule has 0 spiro atoms. The Hall–Kier alpha value is -0.630. The molecule has 0 aliphatic rings. The van der Waals surface area contributed by atoms with Crippen LogP contribution in [0.3, 0.4) is 0 Å². The van der Waals surface area contributed by atoms with Gasteiger partial charge in [0.25, 0.3) is 0 Å². The molecule has 1 rings (SSSR count). The van der Waals surface area contributed by atoms with Gasteiger partial charge in [-0.25, -0.2) is 0 Å². The number of hydrogen-bond acceptors (Lipinski definition) is 2. The molecule has 0 amide bonds. The van der Waals surface area contributed by atoms with Crippen LogP contribution in [-0.2, 0) is 5.75 Å². The Kier molecular flexibility index (Phi) is 3.30. The summed E-state index contributed by atoms with van der Waals surface area (Å²) in [6, 6.07) is 8.03. The van der Waals surface area contributed by atoms with Gasteiger partial charge in [-0.15, -0.1) is 0 Å². The monoisotopic (exact) mass is 167 g/mol. The van der Waals surface area contributed by atoms with Gasteiger partial charge in [-0.2, -0.15) is 11.8 Å². The van der Waals surface area contributed by atoms with Crippen LogP contribution in [0.25, 0.3) is 0 Å². The molecule has 0 saturated heterocycles. The van der Waals surface area contributed by atoms with Crippen molar-refractivity contribution in [2.45, 2.75) is 5.75 Å². The average Bonchev–Trinajstić information content (AvgIpc) is 2.06. The van der Waals surface area contributed by atoms with E-state index in [-0.39, 0.29) is 0 Å². The number of benzene rings is 1. The topological polar surface area (TPSA) is 9.23 Å². The zero-order chi connectivity index (χ0) is 8.10. The molecule has 59 valence electrons. The number of ether oxygens (including phenoxy) is 1. The van der Waals surface area contributed by atoms with E-state index in [2.05, 4.69) is 12.3 Å². The first kappa shape index (κ1) is 8.47. The highest BCUT2D eigenvalue weighted by Crippen LogP contribution is 2.16. The molecule has 11 heavy (non-hydrogen) atoms. The molecular weight excluding hydrogens is 156 g/mol. The van der Waals surface area contributed by atoms with Crippen molar-refractivity contribution in [2.24, 2.45) is 0 Å². The second kappa shape index (κ2) is 4.29. The molecule has 0 N–H and O–H groups in total. The lowest BCUT2D eigenvalue weighted by atomic mass is 10.2. The van der Waals surface area contributed by atoms with E-state index in [4.69, 9.17) is 4.74 Å². The summed E-state index contributed by atoms with van der Waals surface area (Å²) in [5.41, 5.74) is 1.25. The van der Waals surface area contributed by atoms with E-state index in [0.29, 0.717) is 0 Å². The first-order chi connectivity index (χ1) is 5.36. The van der Waals surface area contributed by atoms with Crippen LogP contribution >= 0.6 is 11.8 Å². The van der Waals surface area contributed by atoms with Crippen molar-refractivity contribution in [3.8, 4) is 5.75 Å². The number of hydrogen-bond donors (Lipinski definition) is 0. The number of methoxy groups -OCH3 is 1. The van der Waals surface area contributed by atoms with Crippen LogP contribution in [0.5, 0.6) is 5.75 Å². The minimum absolute atomic E-state index is 0.913. The molecule has 0 saturated carbocycles. The van der Waals surface area contributed by atoms with Gasteiger partial charge in [0.2, 0.25) is 0 Å². The highest BCUT2D eigenvalue weighted by atomic mass is 32.2. The van der Waals surface area contributed by atoms with Crippen molar-refractivity contribution < 1.29 is 4.74 Å². The van der Waals surface area contributed by atoms with E-state index in [0.717, 1.165) is 11.5 Å². The second-order valence-electron chi connectivity index (χ2n) is 2.20. The average molecular weight is 167 g/mol. The van der Waals surface area contributed by atoms with E-state index in [9.17, 15) is 0 Å². The zero-order valence-electron chi connectivity index (χ0n) is 6.54. The quantitative estimate of drug-likeness (QED) is 0.684. The van der Waals surface area contributed by atoms with Crippen LogP contribution in [0.2, 0.25) is 0 Å². The summed E-state index contributed by atoms with van der Waals surface area (Å²) in [5.74, 6) is 1.86. The molecule has 0 aliphatic carbocycles. The lowest BCUT2D eigenvalue weighted by molar-refractivity contribution is 0.414. The molecular formula is C9H11OS. The Labute approximate surface area is 71.8 Å². The maximum absolute atomic E-state index is 5.07. The van der Waals surface area contributed by atoms with Crippen molar-refractivity contribution in [3.05, 3.63) is 36.1 Å². The highest BCUT2D eigenvalue weighted by Gasteiger charge is 1.93. The Morgan fingerprint density at radius 1 is 1.55 bits per heavy atom. The molecule has 0 aliphatic heterocycles. The van der Waals surface area contributed by atoms with Crippen LogP contribution in [0, 0.1) is 6.26 Å². The summed E-state index contributed by atoms with van der Waals surface area (Å²) in [7, 11) is 1.68. The van der Waals surface area contributed by atoms with E-state index >= 15 is 0 Å². The van der Waals surface area contributed by atoms with Gasteiger partial charge >= 0.3 is 0 Å². The molecule has 0 atom stereocenters. The zero-order valence-corrected chi connectivity index (χ0v) is 7.36. The maximum Gasteiger partial charge on any atom is 0.119 e. The van der Waals surface area contributed by atoms with Crippen molar-refractivity contribution in [1.82, 2.24) is 0 Å². The standard InChI is InChI=1S/C9H11OS/c1-10-9-5-3-4-8(6-9)7-11-2/h3-6H,2,7H2,1H3. The summed E-state index contributed by atoms with van der Waals surface area (Å²) in [6.07, 6.45) is 3.71. The van der Waals surface area contributed by atoms with Crippen LogP contribution < -0.4 is 4.74 Å². The summed E-state index contributed by atoms with van der Waals surface area (Å²) < 4.78 is 5.07. The van der Waals surface area contributed by atoms with E-state index in [1.54, 1.807) is 18.9 Å². The largest absolute Gasteiger partial charge is 0.497 e. The third kappa shape index (κ3) is 2.46. The van der Waals surface area contributed by atoms with Crippen molar-refractivity contribution in [3.63, 3.8) is 0 Å². The molecule has 1 aromatic rings. The van der Waals surface area contributed by atoms with Gasteiger partial charge in [-0.1, -0.05) is 12.1 Å². The summed E-state index contributed by atoms with van der Waals surface area (Å²) in [5, 5.41) is 0. The minimum Gasteiger partial charge on any atom is -0.497 e. The highest BCUT2D eigenvalue weighted by molar-refractivity contribution is 7.99. The van der Waals surface area contributed by atoms with Crippen LogP contribution in [0.4, 0.5) is 0 Å². The SMILES string of the molecule is [CH2]SCc1cccc(OC)c1. The third-order valence-corrected chi connectivity index (χ3v) is 1.94. The Balaban J connectivity index is 2.74. The minimum atomic E-state index is 0.913. The van der Waals surface area contributed by atoms with Crippen LogP contribution in [-0.4, -0.2) is 7.11 Å². The first-order valence-corrected chi connectivity index (χ1v) is 4.52. The van der Waals surface area contributed by atoms with Crippen molar-refractivity contribution in [1.29, 1.82) is 0 Å². The molecule has 1 aromatic carbocycles. The Morgan fingerprint density at radius 3 is 3.00 bits per heavy atom. The van der Waals surface area contributed by atoms with Crippen LogP contribution in [0.1, 0.15) is 5.56 Å². The van der Waals surface area contributed by atoms with Crippen LogP contribution in [0.15, 0.2) is 24.3 Å². The molecule has 0 bridgehead atoms. The van der Waals surface area contributed by atoms with Gasteiger partial charge in [0.1, 0.15) is 5.75 Å². The normalized spacial score (nSPS) is 9.64. The van der Waals surface area contributed by atoms with Gasteiger partial charge in [-0.05, 0) is 17.7 Å². The van der Waals surface area contributed by atoms with Gasteiger partial charge in [0, 0.05) is 12.0 Å². The maximum atomic E-state index is 5.07. The summed E-state index contributed by atoms with van der Waals surface area (Å²) in [4.78, 5) is 0. The Bertz CT molecular complexity index is 223.